The van der Waals surface area contributed by atoms with Crippen molar-refractivity contribution in [1.82, 2.24) is 19.9 Å². The van der Waals surface area contributed by atoms with Crippen LogP contribution in [0.15, 0.2) is 30.5 Å². The third kappa shape index (κ3) is 4.98. The molecule has 0 radical (unpaired) electrons. The number of hydrogen-bond donors (Lipinski definition) is 1. The molecule has 0 unspecified atom stereocenters. The number of pyridine rings is 1. The van der Waals surface area contributed by atoms with E-state index in [-0.39, 0.29) is 6.01 Å². The Kier molecular flexibility index (Phi) is 6.89. The Morgan fingerprint density at radius 1 is 0.879 bits per heavy atom. The van der Waals surface area contributed by atoms with E-state index in [4.69, 9.17) is 23.7 Å². The van der Waals surface area contributed by atoms with Gasteiger partial charge >= 0.3 is 6.01 Å². The minimum absolute atomic E-state index is 0.173. The Morgan fingerprint density at radius 3 is 2.18 bits per heavy atom. The zero-order valence-corrected chi connectivity index (χ0v) is 19.0. The Labute approximate surface area is 191 Å². The molecule has 2 aromatic heterocycles. The minimum atomic E-state index is 0.173. The van der Waals surface area contributed by atoms with Crippen molar-refractivity contribution in [2.75, 3.05) is 65.0 Å². The number of benzene rings is 1. The summed E-state index contributed by atoms with van der Waals surface area (Å²) in [5, 5.41) is 3.15. The van der Waals surface area contributed by atoms with Crippen molar-refractivity contribution in [2.24, 2.45) is 0 Å². The topological polar surface area (TPSA) is 113 Å². The summed E-state index contributed by atoms with van der Waals surface area (Å²) in [6, 6.07) is 7.57. The van der Waals surface area contributed by atoms with Crippen molar-refractivity contribution in [3.05, 3.63) is 30.5 Å². The fourth-order valence-corrected chi connectivity index (χ4v) is 3.41. The SMILES string of the molecule is COc1nc(Nc2cc(OC)c(OC)c(OC)c2)nc(-c2ccc(N3CCOCC3)nc2)n1. The molecule has 33 heavy (non-hydrogen) atoms. The number of aromatic nitrogens is 4. The fourth-order valence-electron chi connectivity index (χ4n) is 3.41. The predicted octanol–water partition coefficient (Wildman–Crippen LogP) is 2.55. The van der Waals surface area contributed by atoms with Crippen LogP contribution in [0.25, 0.3) is 11.4 Å². The quantitative estimate of drug-likeness (QED) is 0.542. The van der Waals surface area contributed by atoms with E-state index in [1.165, 1.54) is 7.11 Å². The summed E-state index contributed by atoms with van der Waals surface area (Å²) in [4.78, 5) is 20.0. The van der Waals surface area contributed by atoms with Gasteiger partial charge in [0.15, 0.2) is 17.3 Å². The van der Waals surface area contributed by atoms with Gasteiger partial charge in [0.1, 0.15) is 5.82 Å². The number of hydrogen-bond acceptors (Lipinski definition) is 11. The van der Waals surface area contributed by atoms with Crippen LogP contribution in [-0.2, 0) is 4.74 Å². The van der Waals surface area contributed by atoms with E-state index in [1.54, 1.807) is 39.7 Å². The smallest absolute Gasteiger partial charge is 0.321 e. The molecule has 4 rings (SSSR count). The molecule has 1 N–H and O–H groups in total. The van der Waals surface area contributed by atoms with Gasteiger partial charge in [0.05, 0.1) is 41.7 Å². The van der Waals surface area contributed by atoms with Gasteiger partial charge in [-0.25, -0.2) is 4.98 Å². The van der Waals surface area contributed by atoms with E-state index >= 15 is 0 Å². The molecule has 3 heterocycles. The van der Waals surface area contributed by atoms with Crippen LogP contribution in [-0.4, -0.2) is 74.7 Å². The van der Waals surface area contributed by atoms with Gasteiger partial charge in [0.25, 0.3) is 0 Å². The molecule has 11 nitrogen and oxygen atoms in total. The summed E-state index contributed by atoms with van der Waals surface area (Å²) in [6.07, 6.45) is 1.74. The molecule has 0 spiro atoms. The summed E-state index contributed by atoms with van der Waals surface area (Å²) in [6.45, 7) is 3.03. The standard InChI is InChI=1S/C22H26N6O5/c1-29-16-11-15(12-17(30-2)19(16)31-3)24-21-25-20(26-22(27-21)32-4)14-5-6-18(23-13-14)28-7-9-33-10-8-28/h5-6,11-13H,7-10H2,1-4H3,(H,24,25,26,27). The van der Waals surface area contributed by atoms with Crippen LogP contribution < -0.4 is 29.2 Å². The maximum Gasteiger partial charge on any atom is 0.321 e. The lowest BCUT2D eigenvalue weighted by molar-refractivity contribution is 0.122. The second-order valence-corrected chi connectivity index (χ2v) is 7.01. The monoisotopic (exact) mass is 454 g/mol. The second kappa shape index (κ2) is 10.2. The molecule has 1 aromatic carbocycles. The van der Waals surface area contributed by atoms with Crippen molar-refractivity contribution < 1.29 is 23.7 Å². The summed E-state index contributed by atoms with van der Waals surface area (Å²) < 4.78 is 26.9. The number of nitrogens with one attached hydrogen (secondary N) is 1. The van der Waals surface area contributed by atoms with Crippen LogP contribution in [0.2, 0.25) is 0 Å². The highest BCUT2D eigenvalue weighted by Gasteiger charge is 2.16. The number of morpholine rings is 1. The summed E-state index contributed by atoms with van der Waals surface area (Å²) >= 11 is 0. The zero-order valence-electron chi connectivity index (χ0n) is 19.0. The van der Waals surface area contributed by atoms with Gasteiger partial charge in [0, 0.05) is 42.7 Å². The van der Waals surface area contributed by atoms with Gasteiger partial charge in [0.2, 0.25) is 11.7 Å². The molecule has 1 saturated heterocycles. The van der Waals surface area contributed by atoms with Gasteiger partial charge in [-0.05, 0) is 12.1 Å². The van der Waals surface area contributed by atoms with Crippen molar-refractivity contribution >= 4 is 17.5 Å². The molecule has 0 atom stereocenters. The lowest BCUT2D eigenvalue weighted by atomic mass is 10.2. The maximum atomic E-state index is 5.41. The van der Waals surface area contributed by atoms with Crippen LogP contribution in [0.5, 0.6) is 23.3 Å². The Hall–Kier alpha value is -3.86. The largest absolute Gasteiger partial charge is 0.493 e. The Morgan fingerprint density at radius 2 is 1.61 bits per heavy atom. The Balaban J connectivity index is 1.62. The number of ether oxygens (including phenoxy) is 5. The van der Waals surface area contributed by atoms with Gasteiger partial charge < -0.3 is 33.9 Å². The molecule has 1 aliphatic rings. The van der Waals surface area contributed by atoms with Gasteiger partial charge in [-0.3, -0.25) is 0 Å². The highest BCUT2D eigenvalue weighted by atomic mass is 16.5. The highest BCUT2D eigenvalue weighted by molar-refractivity contribution is 5.66. The molecule has 0 aliphatic carbocycles. The van der Waals surface area contributed by atoms with Crippen molar-refractivity contribution in [3.8, 4) is 34.6 Å². The molecular weight excluding hydrogens is 428 g/mol. The van der Waals surface area contributed by atoms with Crippen LogP contribution in [0.3, 0.4) is 0 Å². The van der Waals surface area contributed by atoms with E-state index in [1.807, 2.05) is 12.1 Å². The van der Waals surface area contributed by atoms with E-state index in [9.17, 15) is 0 Å². The lowest BCUT2D eigenvalue weighted by Gasteiger charge is -2.27. The van der Waals surface area contributed by atoms with E-state index in [2.05, 4.69) is 30.2 Å². The first-order chi connectivity index (χ1) is 16.1. The zero-order chi connectivity index (χ0) is 23.2. The molecular formula is C22H26N6O5. The normalized spacial score (nSPS) is 13.4. The van der Waals surface area contributed by atoms with Crippen molar-refractivity contribution in [3.63, 3.8) is 0 Å². The van der Waals surface area contributed by atoms with E-state index in [0.717, 1.165) is 24.5 Å². The van der Waals surface area contributed by atoms with Crippen LogP contribution in [0.4, 0.5) is 17.5 Å². The highest BCUT2D eigenvalue weighted by Crippen LogP contribution is 2.40. The predicted molar refractivity (Wildman–Crippen MR) is 122 cm³/mol. The van der Waals surface area contributed by atoms with E-state index < -0.39 is 0 Å². The molecule has 11 heteroatoms. The third-order valence-corrected chi connectivity index (χ3v) is 5.06. The van der Waals surface area contributed by atoms with Crippen LogP contribution >= 0.6 is 0 Å². The number of nitrogens with zero attached hydrogens (tertiary/aromatic N) is 5. The fraction of sp³-hybridized carbons (Fsp3) is 0.364. The summed E-state index contributed by atoms with van der Waals surface area (Å²) in [5.41, 5.74) is 1.38. The molecule has 0 bridgehead atoms. The number of methoxy groups -OCH3 is 4. The number of rotatable bonds is 8. The molecule has 1 aliphatic heterocycles. The first-order valence-electron chi connectivity index (χ1n) is 10.3. The lowest BCUT2D eigenvalue weighted by Crippen LogP contribution is -2.36. The first-order valence-corrected chi connectivity index (χ1v) is 10.3. The van der Waals surface area contributed by atoms with Gasteiger partial charge in [-0.2, -0.15) is 15.0 Å². The van der Waals surface area contributed by atoms with E-state index in [0.29, 0.717) is 47.9 Å². The molecule has 1 fully saturated rings. The van der Waals surface area contributed by atoms with Crippen LogP contribution in [0.1, 0.15) is 0 Å². The average Bonchev–Trinajstić information content (AvgIpc) is 2.88. The molecule has 3 aromatic rings. The minimum Gasteiger partial charge on any atom is -0.493 e. The third-order valence-electron chi connectivity index (χ3n) is 5.06. The average molecular weight is 454 g/mol. The van der Waals surface area contributed by atoms with Gasteiger partial charge in [-0.15, -0.1) is 0 Å². The summed E-state index contributed by atoms with van der Waals surface area (Å²) in [7, 11) is 6.16. The maximum absolute atomic E-state index is 5.41. The Bertz CT molecular complexity index is 1060. The van der Waals surface area contributed by atoms with Crippen molar-refractivity contribution in [2.45, 2.75) is 0 Å². The first kappa shape index (κ1) is 22.3. The van der Waals surface area contributed by atoms with Crippen molar-refractivity contribution in [1.29, 1.82) is 0 Å². The van der Waals surface area contributed by atoms with Crippen LogP contribution in [0, 0.1) is 0 Å². The second-order valence-electron chi connectivity index (χ2n) is 7.01. The number of anilines is 3. The molecule has 0 saturated carbocycles. The molecule has 174 valence electrons. The molecule has 0 amide bonds. The van der Waals surface area contributed by atoms with Gasteiger partial charge in [-0.1, -0.05) is 0 Å². The summed E-state index contributed by atoms with van der Waals surface area (Å²) in [5.74, 6) is 3.11.